The van der Waals surface area contributed by atoms with E-state index >= 15 is 0 Å². The van der Waals surface area contributed by atoms with Gasteiger partial charge in [0, 0.05) is 18.3 Å². The second-order valence-corrected chi connectivity index (χ2v) is 5.25. The van der Waals surface area contributed by atoms with Gasteiger partial charge in [0.05, 0.1) is 0 Å². The largest absolute Gasteiger partial charge is 0.423 e. The smallest absolute Gasteiger partial charge is 0.296 e. The van der Waals surface area contributed by atoms with Gasteiger partial charge in [0.15, 0.2) is 5.58 Å². The van der Waals surface area contributed by atoms with Gasteiger partial charge in [0.1, 0.15) is 11.6 Å². The Balaban J connectivity index is 2.02. The van der Waals surface area contributed by atoms with Gasteiger partial charge in [0.25, 0.3) is 6.01 Å². The van der Waals surface area contributed by atoms with Gasteiger partial charge in [-0.05, 0) is 25.0 Å². The van der Waals surface area contributed by atoms with Crippen LogP contribution in [0.3, 0.4) is 0 Å². The molecule has 0 saturated carbocycles. The number of aromatic nitrogens is 1. The molecule has 1 aromatic heterocycles. The predicted octanol–water partition coefficient (Wildman–Crippen LogP) is 1.98. The Morgan fingerprint density at radius 3 is 2.85 bits per heavy atom. The summed E-state index contributed by atoms with van der Waals surface area (Å²) in [4.78, 5) is 16.1. The summed E-state index contributed by atoms with van der Waals surface area (Å²) >= 11 is 0. The maximum atomic E-state index is 11.9. The first-order valence-electron chi connectivity index (χ1n) is 6.66. The minimum absolute atomic E-state index is 0.0829. The highest BCUT2D eigenvalue weighted by Gasteiger charge is 2.15. The highest BCUT2D eigenvalue weighted by Crippen LogP contribution is 2.21. The number of benzene rings is 1. The van der Waals surface area contributed by atoms with Gasteiger partial charge in [0.2, 0.25) is 5.91 Å². The fourth-order valence-corrected chi connectivity index (χ4v) is 1.71. The molecule has 108 valence electrons. The highest BCUT2D eigenvalue weighted by molar-refractivity contribution is 5.84. The normalized spacial score (nSPS) is 12.6. The SMILES string of the molecule is CC(C)CNC(=O)C(C)Nc1nc2ccc(N)cc2o1. The summed E-state index contributed by atoms with van der Waals surface area (Å²) in [5.41, 5.74) is 7.60. The number of carbonyl (C=O) groups excluding carboxylic acids is 1. The van der Waals surface area contributed by atoms with Crippen LogP contribution in [0.4, 0.5) is 11.7 Å². The van der Waals surface area contributed by atoms with Crippen LogP contribution in [0.1, 0.15) is 20.8 Å². The number of hydrogen-bond acceptors (Lipinski definition) is 5. The topological polar surface area (TPSA) is 93.2 Å². The number of anilines is 2. The number of oxazole rings is 1. The number of nitrogen functional groups attached to an aromatic ring is 1. The van der Waals surface area contributed by atoms with Crippen LogP contribution in [0.5, 0.6) is 0 Å². The van der Waals surface area contributed by atoms with Crippen LogP contribution in [0.15, 0.2) is 22.6 Å². The summed E-state index contributed by atoms with van der Waals surface area (Å²) in [6, 6.07) is 5.14. The lowest BCUT2D eigenvalue weighted by atomic mass is 10.2. The summed E-state index contributed by atoms with van der Waals surface area (Å²) in [6.07, 6.45) is 0. The van der Waals surface area contributed by atoms with Crippen molar-refractivity contribution in [2.24, 2.45) is 5.92 Å². The third-order valence-electron chi connectivity index (χ3n) is 2.83. The van der Waals surface area contributed by atoms with E-state index in [0.29, 0.717) is 35.3 Å². The molecule has 0 bridgehead atoms. The number of rotatable bonds is 5. The average molecular weight is 276 g/mol. The molecule has 6 nitrogen and oxygen atoms in total. The molecule has 0 aliphatic carbocycles. The summed E-state index contributed by atoms with van der Waals surface area (Å²) in [7, 11) is 0. The Hall–Kier alpha value is -2.24. The first kappa shape index (κ1) is 14.2. The van der Waals surface area contributed by atoms with Crippen molar-refractivity contribution in [2.45, 2.75) is 26.8 Å². The molecule has 4 N–H and O–H groups in total. The van der Waals surface area contributed by atoms with Gasteiger partial charge in [-0.1, -0.05) is 13.8 Å². The quantitative estimate of drug-likeness (QED) is 0.726. The zero-order chi connectivity index (χ0) is 14.7. The van der Waals surface area contributed by atoms with E-state index in [-0.39, 0.29) is 5.91 Å². The molecule has 0 spiro atoms. The Morgan fingerprint density at radius 1 is 1.40 bits per heavy atom. The first-order valence-corrected chi connectivity index (χ1v) is 6.66. The van der Waals surface area contributed by atoms with E-state index in [9.17, 15) is 4.79 Å². The fraction of sp³-hybridized carbons (Fsp3) is 0.429. The average Bonchev–Trinajstić information content (AvgIpc) is 2.76. The molecule has 1 aromatic carbocycles. The van der Waals surface area contributed by atoms with Crippen LogP contribution in [-0.4, -0.2) is 23.5 Å². The standard InChI is InChI=1S/C14H20N4O2/c1-8(2)7-16-13(19)9(3)17-14-18-11-5-4-10(15)6-12(11)20-14/h4-6,8-9H,7,15H2,1-3H3,(H,16,19)(H,17,18). The van der Waals surface area contributed by atoms with Gasteiger partial charge >= 0.3 is 0 Å². The molecule has 2 rings (SSSR count). The van der Waals surface area contributed by atoms with E-state index in [1.165, 1.54) is 0 Å². The third-order valence-corrected chi connectivity index (χ3v) is 2.83. The molecule has 0 radical (unpaired) electrons. The van der Waals surface area contributed by atoms with Gasteiger partial charge in [-0.15, -0.1) is 0 Å². The zero-order valence-electron chi connectivity index (χ0n) is 11.9. The monoisotopic (exact) mass is 276 g/mol. The van der Waals surface area contributed by atoms with Crippen molar-refractivity contribution in [3.63, 3.8) is 0 Å². The molecular formula is C14H20N4O2. The lowest BCUT2D eigenvalue weighted by Gasteiger charge is -2.13. The molecule has 1 atom stereocenters. The molecule has 0 aliphatic heterocycles. The molecule has 0 saturated heterocycles. The third kappa shape index (κ3) is 3.40. The second kappa shape index (κ2) is 5.81. The van der Waals surface area contributed by atoms with Gasteiger partial charge in [-0.2, -0.15) is 4.98 Å². The molecule has 0 fully saturated rings. The molecule has 0 aliphatic rings. The Labute approximate surface area is 117 Å². The minimum atomic E-state index is -0.417. The maximum Gasteiger partial charge on any atom is 0.296 e. The summed E-state index contributed by atoms with van der Waals surface area (Å²) in [5, 5.41) is 5.80. The van der Waals surface area contributed by atoms with Crippen molar-refractivity contribution in [1.29, 1.82) is 0 Å². The molecule has 6 heteroatoms. The fourth-order valence-electron chi connectivity index (χ4n) is 1.71. The van der Waals surface area contributed by atoms with E-state index < -0.39 is 6.04 Å². The number of fused-ring (bicyclic) bond motifs is 1. The van der Waals surface area contributed by atoms with E-state index in [2.05, 4.69) is 15.6 Å². The number of nitrogens with one attached hydrogen (secondary N) is 2. The summed E-state index contributed by atoms with van der Waals surface area (Å²) in [5.74, 6) is 0.332. The number of carbonyl (C=O) groups is 1. The molecule has 1 unspecified atom stereocenters. The summed E-state index contributed by atoms with van der Waals surface area (Å²) < 4.78 is 5.51. The molecule has 1 amide bonds. The maximum absolute atomic E-state index is 11.9. The number of nitrogens with zero attached hydrogens (tertiary/aromatic N) is 1. The van der Waals surface area contributed by atoms with Crippen LogP contribution in [0, 0.1) is 5.92 Å². The number of amides is 1. The molecule has 1 heterocycles. The lowest BCUT2D eigenvalue weighted by molar-refractivity contribution is -0.121. The van der Waals surface area contributed by atoms with Crippen LogP contribution in [0.25, 0.3) is 11.1 Å². The van der Waals surface area contributed by atoms with Gasteiger partial charge < -0.3 is 20.8 Å². The van der Waals surface area contributed by atoms with Crippen LogP contribution in [0.2, 0.25) is 0 Å². The second-order valence-electron chi connectivity index (χ2n) is 5.25. The van der Waals surface area contributed by atoms with Crippen molar-refractivity contribution < 1.29 is 9.21 Å². The number of nitrogens with two attached hydrogens (primary N) is 1. The Bertz CT molecular complexity index is 606. The van der Waals surface area contributed by atoms with Crippen LogP contribution >= 0.6 is 0 Å². The van der Waals surface area contributed by atoms with E-state index in [0.717, 1.165) is 0 Å². The predicted molar refractivity (Wildman–Crippen MR) is 79.4 cm³/mol. The molecule has 20 heavy (non-hydrogen) atoms. The molecular weight excluding hydrogens is 256 g/mol. The number of hydrogen-bond donors (Lipinski definition) is 3. The lowest BCUT2D eigenvalue weighted by Crippen LogP contribution is -2.39. The van der Waals surface area contributed by atoms with Crippen LogP contribution < -0.4 is 16.4 Å². The van der Waals surface area contributed by atoms with Crippen molar-refractivity contribution >= 4 is 28.7 Å². The summed E-state index contributed by atoms with van der Waals surface area (Å²) in [6.45, 7) is 6.50. The highest BCUT2D eigenvalue weighted by atomic mass is 16.4. The van der Waals surface area contributed by atoms with E-state index in [4.69, 9.17) is 10.2 Å². The molecule has 2 aromatic rings. The van der Waals surface area contributed by atoms with Crippen molar-refractivity contribution in [2.75, 3.05) is 17.6 Å². The zero-order valence-corrected chi connectivity index (χ0v) is 11.9. The van der Waals surface area contributed by atoms with Crippen molar-refractivity contribution in [3.05, 3.63) is 18.2 Å². The first-order chi connectivity index (χ1) is 9.45. The van der Waals surface area contributed by atoms with Crippen molar-refractivity contribution in [1.82, 2.24) is 10.3 Å². The Morgan fingerprint density at radius 2 is 2.15 bits per heavy atom. The van der Waals surface area contributed by atoms with E-state index in [1.54, 1.807) is 25.1 Å². The van der Waals surface area contributed by atoms with Gasteiger partial charge in [-0.25, -0.2) is 0 Å². The van der Waals surface area contributed by atoms with Gasteiger partial charge in [-0.3, -0.25) is 4.79 Å². The van der Waals surface area contributed by atoms with Crippen molar-refractivity contribution in [3.8, 4) is 0 Å². The van der Waals surface area contributed by atoms with Crippen LogP contribution in [-0.2, 0) is 4.79 Å². The minimum Gasteiger partial charge on any atom is -0.423 e. The Kier molecular flexibility index (Phi) is 4.12. The van der Waals surface area contributed by atoms with E-state index in [1.807, 2.05) is 13.8 Å².